The van der Waals surface area contributed by atoms with Gasteiger partial charge in [-0.15, -0.1) is 0 Å². The second kappa shape index (κ2) is 7.12. The first kappa shape index (κ1) is 19.3. The first-order valence-electron chi connectivity index (χ1n) is 8.27. The maximum absolute atomic E-state index is 13.1. The minimum absolute atomic E-state index is 0.00420. The molecule has 1 aliphatic heterocycles. The molecule has 2 heterocycles. The Balaban J connectivity index is 1.55. The first-order valence-corrected chi connectivity index (χ1v) is 11.9. The van der Waals surface area contributed by atoms with Crippen molar-refractivity contribution in [3.05, 3.63) is 48.3 Å². The van der Waals surface area contributed by atoms with Gasteiger partial charge in [0.15, 0.2) is 0 Å². The molecule has 2 aromatic carbocycles. The Labute approximate surface area is 165 Å². The molecule has 0 unspecified atom stereocenters. The number of piperazine rings is 1. The Morgan fingerprint density at radius 2 is 1.43 bits per heavy atom. The van der Waals surface area contributed by atoms with E-state index >= 15 is 0 Å². The third-order valence-electron chi connectivity index (χ3n) is 4.52. The first-order chi connectivity index (χ1) is 13.3. The molecule has 0 saturated carbocycles. The highest BCUT2D eigenvalue weighted by molar-refractivity contribution is 7.89. The summed E-state index contributed by atoms with van der Waals surface area (Å²) in [7, 11) is -7.64. The SMILES string of the molecule is O=S(=O)(c1ccc(F)cc1)N1CCN(S(=O)(=O)c2cccc3nsnc23)CC1. The van der Waals surface area contributed by atoms with Crippen LogP contribution in [0.4, 0.5) is 4.39 Å². The van der Waals surface area contributed by atoms with E-state index in [0.717, 1.165) is 23.9 Å². The van der Waals surface area contributed by atoms with Crippen molar-refractivity contribution in [1.29, 1.82) is 0 Å². The molecule has 3 aromatic rings. The largest absolute Gasteiger partial charge is 0.245 e. The number of sulfonamides is 2. The van der Waals surface area contributed by atoms with E-state index in [1.165, 1.54) is 26.8 Å². The van der Waals surface area contributed by atoms with Crippen molar-refractivity contribution in [2.24, 2.45) is 0 Å². The lowest BCUT2D eigenvalue weighted by Crippen LogP contribution is -2.50. The maximum Gasteiger partial charge on any atom is 0.245 e. The quantitative estimate of drug-likeness (QED) is 0.607. The van der Waals surface area contributed by atoms with Gasteiger partial charge in [0.05, 0.1) is 16.6 Å². The predicted molar refractivity (Wildman–Crippen MR) is 101 cm³/mol. The third kappa shape index (κ3) is 3.31. The molecule has 4 rings (SSSR count). The number of hydrogen-bond donors (Lipinski definition) is 0. The van der Waals surface area contributed by atoms with Crippen LogP contribution >= 0.6 is 11.7 Å². The van der Waals surface area contributed by atoms with Crippen molar-refractivity contribution in [3.63, 3.8) is 0 Å². The van der Waals surface area contributed by atoms with Crippen LogP contribution in [0.25, 0.3) is 11.0 Å². The number of hydrogen-bond acceptors (Lipinski definition) is 7. The van der Waals surface area contributed by atoms with Gasteiger partial charge in [0.1, 0.15) is 21.7 Å². The lowest BCUT2D eigenvalue weighted by molar-refractivity contribution is 0.273. The van der Waals surface area contributed by atoms with Crippen LogP contribution in [0.5, 0.6) is 0 Å². The molecule has 1 fully saturated rings. The Hall–Kier alpha value is -1.99. The standard InChI is InChI=1S/C16H15FN4O4S3/c17-12-4-6-13(7-5-12)27(22,23)20-8-10-21(11-9-20)28(24,25)15-3-1-2-14-16(15)19-26-18-14/h1-7H,8-11H2. The van der Waals surface area contributed by atoms with E-state index in [1.54, 1.807) is 12.1 Å². The Kier molecular flexibility index (Phi) is 4.91. The van der Waals surface area contributed by atoms with Gasteiger partial charge in [0, 0.05) is 26.2 Å². The van der Waals surface area contributed by atoms with Crippen molar-refractivity contribution in [1.82, 2.24) is 17.4 Å². The van der Waals surface area contributed by atoms with E-state index in [-0.39, 0.29) is 36.0 Å². The maximum atomic E-state index is 13.1. The van der Waals surface area contributed by atoms with Gasteiger partial charge < -0.3 is 0 Å². The third-order valence-corrected chi connectivity index (χ3v) is 8.90. The van der Waals surface area contributed by atoms with Gasteiger partial charge in [0.25, 0.3) is 0 Å². The molecule has 0 radical (unpaired) electrons. The molecular formula is C16H15FN4O4S3. The van der Waals surface area contributed by atoms with E-state index in [2.05, 4.69) is 8.75 Å². The van der Waals surface area contributed by atoms with E-state index in [1.807, 2.05) is 0 Å². The van der Waals surface area contributed by atoms with Crippen molar-refractivity contribution < 1.29 is 21.2 Å². The molecule has 148 valence electrons. The number of benzene rings is 2. The van der Waals surface area contributed by atoms with Crippen LogP contribution in [-0.4, -0.2) is 60.4 Å². The summed E-state index contributed by atoms with van der Waals surface area (Å²) in [6.07, 6.45) is 0. The van der Waals surface area contributed by atoms with Crippen molar-refractivity contribution in [2.45, 2.75) is 9.79 Å². The lowest BCUT2D eigenvalue weighted by atomic mass is 10.3. The lowest BCUT2D eigenvalue weighted by Gasteiger charge is -2.33. The van der Waals surface area contributed by atoms with Gasteiger partial charge in [-0.2, -0.15) is 17.4 Å². The number of halogens is 1. The second-order valence-electron chi connectivity index (χ2n) is 6.15. The van der Waals surface area contributed by atoms with Gasteiger partial charge in [-0.1, -0.05) is 6.07 Å². The number of rotatable bonds is 4. The van der Waals surface area contributed by atoms with Crippen LogP contribution in [0, 0.1) is 5.82 Å². The van der Waals surface area contributed by atoms with Crippen LogP contribution < -0.4 is 0 Å². The minimum Gasteiger partial charge on any atom is -0.207 e. The molecule has 0 aliphatic carbocycles. The summed E-state index contributed by atoms with van der Waals surface area (Å²) in [4.78, 5) is 0.0390. The molecule has 8 nitrogen and oxygen atoms in total. The highest BCUT2D eigenvalue weighted by Gasteiger charge is 2.34. The topological polar surface area (TPSA) is 101 Å². The van der Waals surface area contributed by atoms with Gasteiger partial charge in [-0.25, -0.2) is 21.2 Å². The van der Waals surface area contributed by atoms with Gasteiger partial charge in [0.2, 0.25) is 20.0 Å². The number of fused-ring (bicyclic) bond motifs is 1. The Morgan fingerprint density at radius 1 is 0.821 bits per heavy atom. The van der Waals surface area contributed by atoms with Crippen molar-refractivity contribution >= 4 is 42.8 Å². The summed E-state index contributed by atoms with van der Waals surface area (Å²) in [5.41, 5.74) is 0.817. The zero-order valence-electron chi connectivity index (χ0n) is 14.4. The summed E-state index contributed by atoms with van der Waals surface area (Å²) < 4.78 is 75.0. The fourth-order valence-electron chi connectivity index (χ4n) is 3.03. The van der Waals surface area contributed by atoms with Crippen LogP contribution in [0.15, 0.2) is 52.3 Å². The van der Waals surface area contributed by atoms with Crippen molar-refractivity contribution in [3.8, 4) is 0 Å². The molecule has 1 aliphatic rings. The monoisotopic (exact) mass is 442 g/mol. The number of aromatic nitrogens is 2. The molecular weight excluding hydrogens is 427 g/mol. The summed E-state index contributed by atoms with van der Waals surface area (Å²) in [5.74, 6) is -0.527. The smallest absolute Gasteiger partial charge is 0.207 e. The van der Waals surface area contributed by atoms with E-state index in [9.17, 15) is 21.2 Å². The van der Waals surface area contributed by atoms with Gasteiger partial charge in [-0.3, -0.25) is 0 Å². The molecule has 0 atom stereocenters. The molecule has 0 bridgehead atoms. The zero-order valence-corrected chi connectivity index (χ0v) is 16.8. The molecule has 1 saturated heterocycles. The van der Waals surface area contributed by atoms with Gasteiger partial charge >= 0.3 is 0 Å². The van der Waals surface area contributed by atoms with E-state index in [4.69, 9.17) is 0 Å². The highest BCUT2D eigenvalue weighted by Crippen LogP contribution is 2.26. The average molecular weight is 443 g/mol. The average Bonchev–Trinajstić information content (AvgIpc) is 3.17. The van der Waals surface area contributed by atoms with Crippen LogP contribution in [0.2, 0.25) is 0 Å². The Bertz CT molecular complexity index is 1220. The summed E-state index contributed by atoms with van der Waals surface area (Å²) >= 11 is 0.935. The van der Waals surface area contributed by atoms with Gasteiger partial charge in [-0.05, 0) is 36.4 Å². The molecule has 12 heteroatoms. The summed E-state index contributed by atoms with van der Waals surface area (Å²) in [6, 6.07) is 9.32. The van der Waals surface area contributed by atoms with Crippen molar-refractivity contribution in [2.75, 3.05) is 26.2 Å². The van der Waals surface area contributed by atoms with Crippen LogP contribution in [0.3, 0.4) is 0 Å². The molecule has 0 spiro atoms. The zero-order chi connectivity index (χ0) is 19.9. The predicted octanol–water partition coefficient (Wildman–Crippen LogP) is 1.53. The second-order valence-corrected chi connectivity index (χ2v) is 10.5. The van der Waals surface area contributed by atoms with E-state index in [0.29, 0.717) is 11.0 Å². The fraction of sp³-hybridized carbons (Fsp3) is 0.250. The Morgan fingerprint density at radius 3 is 2.07 bits per heavy atom. The molecule has 1 aromatic heterocycles. The highest BCUT2D eigenvalue weighted by atomic mass is 32.2. The number of nitrogens with zero attached hydrogens (tertiary/aromatic N) is 4. The molecule has 28 heavy (non-hydrogen) atoms. The van der Waals surface area contributed by atoms with E-state index < -0.39 is 25.9 Å². The van der Waals surface area contributed by atoms with Crippen LogP contribution in [0.1, 0.15) is 0 Å². The summed E-state index contributed by atoms with van der Waals surface area (Å²) in [5, 5.41) is 0. The van der Waals surface area contributed by atoms with Crippen LogP contribution in [-0.2, 0) is 20.0 Å². The summed E-state index contributed by atoms with van der Waals surface area (Å²) in [6.45, 7) is 0.0296. The molecule has 0 amide bonds. The minimum atomic E-state index is -3.83. The normalized spacial score (nSPS) is 17.2. The molecule has 0 N–H and O–H groups in total. The fourth-order valence-corrected chi connectivity index (χ4v) is 6.63.